The number of rotatable bonds is 4. The fraction of sp³-hybridized carbons (Fsp3) is 0.667. The highest BCUT2D eigenvalue weighted by atomic mass is 32.1. The van der Waals surface area contributed by atoms with Crippen LogP contribution < -0.4 is 0 Å². The molecule has 0 N–H and O–H groups in total. The van der Waals surface area contributed by atoms with Crippen LogP contribution in [0.25, 0.3) is 0 Å². The van der Waals surface area contributed by atoms with Gasteiger partial charge >= 0.3 is 5.97 Å². The van der Waals surface area contributed by atoms with E-state index in [0.29, 0.717) is 13.2 Å². The number of esters is 1. The molecule has 0 aliphatic carbocycles. The summed E-state index contributed by atoms with van der Waals surface area (Å²) in [6.45, 7) is 1.36. The van der Waals surface area contributed by atoms with Gasteiger partial charge in [0, 0.05) is 38.5 Å². The quantitative estimate of drug-likeness (QED) is 0.777. The molecule has 2 heterocycles. The van der Waals surface area contributed by atoms with Crippen LogP contribution >= 0.6 is 11.3 Å². The minimum atomic E-state index is -0.350. The van der Waals surface area contributed by atoms with Crippen LogP contribution in [-0.2, 0) is 31.0 Å². The minimum absolute atomic E-state index is 0.212. The standard InChI is InChI=1S/C12H17NO4S/c1-15-10(14)7-9-8-18-11(13-9)12(16-2)3-5-17-6-4-12/h8H,3-7H2,1-2H3. The van der Waals surface area contributed by atoms with Crippen molar-refractivity contribution in [1.29, 1.82) is 0 Å². The Morgan fingerprint density at radius 2 is 2.22 bits per heavy atom. The predicted molar refractivity (Wildman–Crippen MR) is 66.6 cm³/mol. The number of methoxy groups -OCH3 is 2. The highest BCUT2D eigenvalue weighted by molar-refractivity contribution is 7.09. The molecule has 0 atom stereocenters. The molecule has 1 aromatic heterocycles. The Morgan fingerprint density at radius 1 is 1.50 bits per heavy atom. The van der Waals surface area contributed by atoms with Crippen molar-refractivity contribution in [1.82, 2.24) is 4.98 Å². The topological polar surface area (TPSA) is 57.7 Å². The third kappa shape index (κ3) is 2.71. The maximum absolute atomic E-state index is 11.2. The van der Waals surface area contributed by atoms with E-state index in [1.807, 2.05) is 5.38 Å². The molecule has 0 saturated carbocycles. The van der Waals surface area contributed by atoms with Gasteiger partial charge in [0.1, 0.15) is 10.6 Å². The molecule has 1 fully saturated rings. The Morgan fingerprint density at radius 3 is 2.83 bits per heavy atom. The SMILES string of the molecule is COC(=O)Cc1csc(C2(OC)CCOCC2)n1. The fourth-order valence-corrected chi connectivity index (χ4v) is 3.08. The average molecular weight is 271 g/mol. The molecule has 0 aromatic carbocycles. The molecule has 0 spiro atoms. The molecule has 0 amide bonds. The Kier molecular flexibility index (Phi) is 4.31. The second kappa shape index (κ2) is 5.77. The molecule has 1 aliphatic heterocycles. The van der Waals surface area contributed by atoms with Gasteiger partial charge in [-0.1, -0.05) is 0 Å². The van der Waals surface area contributed by atoms with E-state index < -0.39 is 0 Å². The fourth-order valence-electron chi connectivity index (χ4n) is 2.02. The Labute approximate surface area is 110 Å². The summed E-state index contributed by atoms with van der Waals surface area (Å²) in [5.41, 5.74) is 0.391. The first-order valence-corrected chi connectivity index (χ1v) is 6.73. The summed E-state index contributed by atoms with van der Waals surface area (Å²) in [7, 11) is 3.08. The van der Waals surface area contributed by atoms with Crippen molar-refractivity contribution in [3.05, 3.63) is 16.1 Å². The first kappa shape index (κ1) is 13.5. The number of ether oxygens (including phenoxy) is 3. The summed E-state index contributed by atoms with van der Waals surface area (Å²) in [6.07, 6.45) is 1.81. The number of nitrogens with zero attached hydrogens (tertiary/aromatic N) is 1. The molecular formula is C12H17NO4S. The highest BCUT2D eigenvalue weighted by Crippen LogP contribution is 2.37. The zero-order valence-corrected chi connectivity index (χ0v) is 11.4. The van der Waals surface area contributed by atoms with E-state index in [0.717, 1.165) is 23.5 Å². The van der Waals surface area contributed by atoms with Gasteiger partial charge in [-0.3, -0.25) is 4.79 Å². The maximum atomic E-state index is 11.2. The third-order valence-corrected chi connectivity index (χ3v) is 4.26. The number of carbonyl (C=O) groups is 1. The van der Waals surface area contributed by atoms with Crippen LogP contribution in [0.1, 0.15) is 23.5 Å². The molecule has 0 bridgehead atoms. The zero-order valence-electron chi connectivity index (χ0n) is 10.6. The van der Waals surface area contributed by atoms with Gasteiger partial charge in [0.2, 0.25) is 0 Å². The molecule has 0 radical (unpaired) electrons. The summed E-state index contributed by atoms with van der Waals surface area (Å²) >= 11 is 1.53. The van der Waals surface area contributed by atoms with Crippen molar-refractivity contribution in [2.24, 2.45) is 0 Å². The molecule has 5 nitrogen and oxygen atoms in total. The van der Waals surface area contributed by atoms with Gasteiger partial charge in [-0.05, 0) is 0 Å². The summed E-state index contributed by atoms with van der Waals surface area (Å²) < 4.78 is 15.7. The van der Waals surface area contributed by atoms with Crippen molar-refractivity contribution >= 4 is 17.3 Å². The van der Waals surface area contributed by atoms with Gasteiger partial charge in [0.15, 0.2) is 0 Å². The van der Waals surface area contributed by atoms with Gasteiger partial charge in [-0.2, -0.15) is 0 Å². The first-order valence-electron chi connectivity index (χ1n) is 5.85. The van der Waals surface area contributed by atoms with Crippen LogP contribution in [0.15, 0.2) is 5.38 Å². The van der Waals surface area contributed by atoms with E-state index in [2.05, 4.69) is 9.72 Å². The van der Waals surface area contributed by atoms with Crippen LogP contribution in [0.5, 0.6) is 0 Å². The van der Waals surface area contributed by atoms with Crippen molar-refractivity contribution in [3.63, 3.8) is 0 Å². The second-order valence-corrected chi connectivity index (χ2v) is 5.07. The lowest BCUT2D eigenvalue weighted by Crippen LogP contribution is -2.35. The zero-order chi connectivity index (χ0) is 13.0. The average Bonchev–Trinajstić information content (AvgIpc) is 2.88. The van der Waals surface area contributed by atoms with Gasteiger partial charge < -0.3 is 14.2 Å². The Bertz CT molecular complexity index is 412. The minimum Gasteiger partial charge on any atom is -0.469 e. The lowest BCUT2D eigenvalue weighted by molar-refractivity contribution is -0.139. The van der Waals surface area contributed by atoms with Crippen LogP contribution in [-0.4, -0.2) is 38.4 Å². The van der Waals surface area contributed by atoms with E-state index in [1.165, 1.54) is 18.4 Å². The molecular weight excluding hydrogens is 254 g/mol. The number of aromatic nitrogens is 1. The van der Waals surface area contributed by atoms with Gasteiger partial charge in [0.25, 0.3) is 0 Å². The second-order valence-electron chi connectivity index (χ2n) is 4.21. The van der Waals surface area contributed by atoms with Crippen LogP contribution in [0, 0.1) is 0 Å². The van der Waals surface area contributed by atoms with Crippen molar-refractivity contribution in [2.75, 3.05) is 27.4 Å². The summed E-state index contributed by atoms with van der Waals surface area (Å²) in [6, 6.07) is 0. The van der Waals surface area contributed by atoms with E-state index in [-0.39, 0.29) is 18.0 Å². The molecule has 1 aliphatic rings. The lowest BCUT2D eigenvalue weighted by atomic mass is 9.95. The van der Waals surface area contributed by atoms with Crippen molar-refractivity contribution < 1.29 is 19.0 Å². The molecule has 100 valence electrons. The van der Waals surface area contributed by atoms with E-state index in [9.17, 15) is 4.79 Å². The summed E-state index contributed by atoms with van der Waals surface area (Å²) in [5, 5.41) is 2.81. The predicted octanol–water partition coefficient (Wildman–Crippen LogP) is 1.51. The monoisotopic (exact) mass is 271 g/mol. The summed E-state index contributed by atoms with van der Waals surface area (Å²) in [4.78, 5) is 15.7. The van der Waals surface area contributed by atoms with E-state index in [4.69, 9.17) is 9.47 Å². The number of hydrogen-bond acceptors (Lipinski definition) is 6. The van der Waals surface area contributed by atoms with Gasteiger partial charge in [0.05, 0.1) is 19.2 Å². The Hall–Kier alpha value is -0.980. The van der Waals surface area contributed by atoms with Crippen LogP contribution in [0.3, 0.4) is 0 Å². The van der Waals surface area contributed by atoms with E-state index >= 15 is 0 Å². The van der Waals surface area contributed by atoms with Gasteiger partial charge in [-0.15, -0.1) is 11.3 Å². The molecule has 6 heteroatoms. The van der Waals surface area contributed by atoms with Gasteiger partial charge in [-0.25, -0.2) is 4.98 Å². The van der Waals surface area contributed by atoms with Crippen LogP contribution in [0.4, 0.5) is 0 Å². The smallest absolute Gasteiger partial charge is 0.311 e. The first-order chi connectivity index (χ1) is 8.70. The maximum Gasteiger partial charge on any atom is 0.311 e. The van der Waals surface area contributed by atoms with Crippen LogP contribution in [0.2, 0.25) is 0 Å². The lowest BCUT2D eigenvalue weighted by Gasteiger charge is -2.33. The van der Waals surface area contributed by atoms with Crippen molar-refractivity contribution in [2.45, 2.75) is 24.9 Å². The number of carbonyl (C=O) groups excluding carboxylic acids is 1. The Balaban J connectivity index is 2.14. The number of thiazole rings is 1. The molecule has 18 heavy (non-hydrogen) atoms. The van der Waals surface area contributed by atoms with E-state index in [1.54, 1.807) is 7.11 Å². The highest BCUT2D eigenvalue weighted by Gasteiger charge is 2.37. The third-order valence-electron chi connectivity index (χ3n) is 3.19. The summed E-state index contributed by atoms with van der Waals surface area (Å²) in [5.74, 6) is -0.273. The van der Waals surface area contributed by atoms with Crippen molar-refractivity contribution in [3.8, 4) is 0 Å². The molecule has 1 aromatic rings. The molecule has 2 rings (SSSR count). The molecule has 1 saturated heterocycles. The largest absolute Gasteiger partial charge is 0.469 e. The molecule has 0 unspecified atom stereocenters. The number of hydrogen-bond donors (Lipinski definition) is 0. The normalized spacial score (nSPS) is 18.6.